The SMILES string of the molecule is CC(C)N1CCCC1CC1(C)NCC(C)(C)CO1. The number of hydrogen-bond acceptors (Lipinski definition) is 3. The van der Waals surface area contributed by atoms with Gasteiger partial charge < -0.3 is 4.74 Å². The predicted molar refractivity (Wildman–Crippen MR) is 75.6 cm³/mol. The van der Waals surface area contributed by atoms with Gasteiger partial charge in [-0.2, -0.15) is 0 Å². The highest BCUT2D eigenvalue weighted by Crippen LogP contribution is 2.32. The van der Waals surface area contributed by atoms with Crippen molar-refractivity contribution in [2.75, 3.05) is 19.7 Å². The lowest BCUT2D eigenvalue weighted by molar-refractivity contribution is -0.138. The maximum Gasteiger partial charge on any atom is 0.117 e. The van der Waals surface area contributed by atoms with Crippen LogP contribution in [0.4, 0.5) is 0 Å². The molecule has 2 atom stereocenters. The minimum Gasteiger partial charge on any atom is -0.360 e. The average Bonchev–Trinajstić information content (AvgIpc) is 2.71. The molecule has 3 heteroatoms. The topological polar surface area (TPSA) is 24.5 Å². The van der Waals surface area contributed by atoms with Crippen LogP contribution in [0.3, 0.4) is 0 Å². The Morgan fingerprint density at radius 3 is 2.61 bits per heavy atom. The highest BCUT2D eigenvalue weighted by atomic mass is 16.5. The zero-order valence-electron chi connectivity index (χ0n) is 12.8. The van der Waals surface area contributed by atoms with Crippen LogP contribution in [0.5, 0.6) is 0 Å². The van der Waals surface area contributed by atoms with E-state index in [2.05, 4.69) is 44.8 Å². The van der Waals surface area contributed by atoms with Crippen LogP contribution in [-0.4, -0.2) is 42.4 Å². The van der Waals surface area contributed by atoms with Crippen LogP contribution >= 0.6 is 0 Å². The molecule has 2 fully saturated rings. The molecule has 18 heavy (non-hydrogen) atoms. The van der Waals surface area contributed by atoms with Crippen molar-refractivity contribution >= 4 is 0 Å². The van der Waals surface area contributed by atoms with Crippen LogP contribution in [0.15, 0.2) is 0 Å². The van der Waals surface area contributed by atoms with Crippen molar-refractivity contribution in [1.82, 2.24) is 10.2 Å². The minimum absolute atomic E-state index is 0.127. The van der Waals surface area contributed by atoms with E-state index in [1.165, 1.54) is 19.4 Å². The van der Waals surface area contributed by atoms with E-state index in [-0.39, 0.29) is 11.1 Å². The standard InChI is InChI=1S/C15H30N2O/c1-12(2)17-8-6-7-13(17)9-15(5)16-10-14(3,4)11-18-15/h12-13,16H,6-11H2,1-5H3. The molecule has 106 valence electrons. The molecular formula is C15H30N2O. The van der Waals surface area contributed by atoms with Gasteiger partial charge in [-0.1, -0.05) is 13.8 Å². The molecule has 2 aliphatic heterocycles. The van der Waals surface area contributed by atoms with Gasteiger partial charge in [-0.05, 0) is 40.2 Å². The normalized spacial score (nSPS) is 37.3. The number of nitrogens with one attached hydrogen (secondary N) is 1. The Hall–Kier alpha value is -0.120. The Kier molecular flexibility index (Phi) is 4.05. The molecule has 0 aromatic heterocycles. The molecule has 0 bridgehead atoms. The predicted octanol–water partition coefficient (Wildman–Crippen LogP) is 2.61. The average molecular weight is 254 g/mol. The van der Waals surface area contributed by atoms with E-state index < -0.39 is 0 Å². The van der Waals surface area contributed by atoms with Gasteiger partial charge in [-0.3, -0.25) is 10.2 Å². The summed E-state index contributed by atoms with van der Waals surface area (Å²) in [7, 11) is 0. The zero-order valence-corrected chi connectivity index (χ0v) is 12.8. The summed E-state index contributed by atoms with van der Waals surface area (Å²) >= 11 is 0. The monoisotopic (exact) mass is 254 g/mol. The largest absolute Gasteiger partial charge is 0.360 e. The van der Waals surface area contributed by atoms with Gasteiger partial charge in [0.2, 0.25) is 0 Å². The fraction of sp³-hybridized carbons (Fsp3) is 1.00. The Balaban J connectivity index is 1.93. The van der Waals surface area contributed by atoms with Gasteiger partial charge in [0.15, 0.2) is 0 Å². The van der Waals surface area contributed by atoms with Crippen LogP contribution in [0.25, 0.3) is 0 Å². The van der Waals surface area contributed by atoms with E-state index in [9.17, 15) is 0 Å². The summed E-state index contributed by atoms with van der Waals surface area (Å²) in [6, 6.07) is 1.34. The first-order valence-corrected chi connectivity index (χ1v) is 7.46. The molecule has 0 amide bonds. The lowest BCUT2D eigenvalue weighted by Gasteiger charge is -2.45. The van der Waals surface area contributed by atoms with Crippen molar-refractivity contribution in [2.45, 2.75) is 71.7 Å². The molecule has 2 saturated heterocycles. The number of hydrogen-bond donors (Lipinski definition) is 1. The van der Waals surface area contributed by atoms with Crippen molar-refractivity contribution in [2.24, 2.45) is 5.41 Å². The van der Waals surface area contributed by atoms with Crippen molar-refractivity contribution in [3.63, 3.8) is 0 Å². The number of rotatable bonds is 3. The first-order valence-electron chi connectivity index (χ1n) is 7.46. The second-order valence-corrected chi connectivity index (χ2v) is 7.37. The fourth-order valence-electron chi connectivity index (χ4n) is 3.22. The molecule has 2 heterocycles. The minimum atomic E-state index is -0.127. The summed E-state index contributed by atoms with van der Waals surface area (Å²) in [5.41, 5.74) is 0.143. The molecule has 2 unspecified atom stereocenters. The van der Waals surface area contributed by atoms with Crippen LogP contribution in [0.2, 0.25) is 0 Å². The molecule has 0 aromatic carbocycles. The molecule has 2 aliphatic rings. The maximum absolute atomic E-state index is 6.13. The Morgan fingerprint density at radius 1 is 1.33 bits per heavy atom. The molecule has 2 rings (SSSR count). The summed E-state index contributed by atoms with van der Waals surface area (Å²) in [6.45, 7) is 14.5. The van der Waals surface area contributed by atoms with Crippen molar-refractivity contribution < 1.29 is 4.74 Å². The van der Waals surface area contributed by atoms with Gasteiger partial charge in [-0.15, -0.1) is 0 Å². The maximum atomic E-state index is 6.13. The first-order chi connectivity index (χ1) is 8.31. The summed E-state index contributed by atoms with van der Waals surface area (Å²) in [4.78, 5) is 2.63. The van der Waals surface area contributed by atoms with E-state index in [0.29, 0.717) is 12.1 Å². The van der Waals surface area contributed by atoms with Gasteiger partial charge in [0.25, 0.3) is 0 Å². The van der Waals surface area contributed by atoms with E-state index >= 15 is 0 Å². The Bertz CT molecular complexity index is 278. The highest BCUT2D eigenvalue weighted by molar-refractivity contribution is 4.91. The third-order valence-corrected chi connectivity index (χ3v) is 4.43. The molecule has 3 nitrogen and oxygen atoms in total. The third-order valence-electron chi connectivity index (χ3n) is 4.43. The summed E-state index contributed by atoms with van der Waals surface area (Å²) in [6.07, 6.45) is 3.77. The molecule has 0 radical (unpaired) electrons. The summed E-state index contributed by atoms with van der Waals surface area (Å²) in [5.74, 6) is 0. The number of ether oxygens (including phenoxy) is 1. The smallest absolute Gasteiger partial charge is 0.117 e. The molecular weight excluding hydrogens is 224 g/mol. The van der Waals surface area contributed by atoms with Gasteiger partial charge in [0, 0.05) is 30.5 Å². The highest BCUT2D eigenvalue weighted by Gasteiger charge is 2.39. The van der Waals surface area contributed by atoms with Crippen molar-refractivity contribution in [1.29, 1.82) is 0 Å². The molecule has 1 N–H and O–H groups in total. The Morgan fingerprint density at radius 2 is 2.06 bits per heavy atom. The van der Waals surface area contributed by atoms with Gasteiger partial charge in [0.05, 0.1) is 6.61 Å². The first kappa shape index (κ1) is 14.3. The summed E-state index contributed by atoms with van der Waals surface area (Å²) in [5, 5.41) is 3.62. The van der Waals surface area contributed by atoms with Gasteiger partial charge in [0.1, 0.15) is 5.72 Å². The fourth-order valence-corrected chi connectivity index (χ4v) is 3.22. The van der Waals surface area contributed by atoms with Crippen molar-refractivity contribution in [3.05, 3.63) is 0 Å². The second-order valence-electron chi connectivity index (χ2n) is 7.37. The van der Waals surface area contributed by atoms with E-state index in [4.69, 9.17) is 4.74 Å². The van der Waals surface area contributed by atoms with Gasteiger partial charge in [-0.25, -0.2) is 0 Å². The van der Waals surface area contributed by atoms with E-state index in [0.717, 1.165) is 19.6 Å². The van der Waals surface area contributed by atoms with Crippen LogP contribution in [0.1, 0.15) is 53.9 Å². The Labute approximate surface area is 112 Å². The lowest BCUT2D eigenvalue weighted by Crippen LogP contribution is -2.58. The van der Waals surface area contributed by atoms with Crippen LogP contribution in [0, 0.1) is 5.41 Å². The number of nitrogens with zero attached hydrogens (tertiary/aromatic N) is 1. The van der Waals surface area contributed by atoms with Gasteiger partial charge >= 0.3 is 0 Å². The zero-order chi connectivity index (χ0) is 13.4. The van der Waals surface area contributed by atoms with E-state index in [1.54, 1.807) is 0 Å². The number of likely N-dealkylation sites (tertiary alicyclic amines) is 1. The second kappa shape index (κ2) is 5.10. The van der Waals surface area contributed by atoms with E-state index in [1.807, 2.05) is 0 Å². The quantitative estimate of drug-likeness (QED) is 0.838. The van der Waals surface area contributed by atoms with Crippen LogP contribution < -0.4 is 5.32 Å². The molecule has 0 aromatic rings. The summed E-state index contributed by atoms with van der Waals surface area (Å²) < 4.78 is 6.13. The molecule has 0 saturated carbocycles. The molecule has 0 spiro atoms. The van der Waals surface area contributed by atoms with Crippen LogP contribution in [-0.2, 0) is 4.74 Å². The third kappa shape index (κ3) is 3.25. The van der Waals surface area contributed by atoms with Crippen molar-refractivity contribution in [3.8, 4) is 0 Å². The lowest BCUT2D eigenvalue weighted by atomic mass is 9.90. The molecule has 0 aliphatic carbocycles.